The van der Waals surface area contributed by atoms with Gasteiger partial charge in [0.25, 0.3) is 0 Å². The van der Waals surface area contributed by atoms with E-state index in [9.17, 15) is 0 Å². The Morgan fingerprint density at radius 3 is 1.00 bits per heavy atom. The van der Waals surface area contributed by atoms with Crippen LogP contribution >= 0.6 is 0 Å². The molecule has 0 fully saturated rings. The molecule has 0 unspecified atom stereocenters. The van der Waals surface area contributed by atoms with E-state index in [1.54, 1.807) is 0 Å². The molecule has 0 rings (SSSR count). The molecular formula is H6CaO6S. The third-order valence-electron chi connectivity index (χ3n) is 0. The second kappa shape index (κ2) is 8.05. The van der Waals surface area contributed by atoms with Crippen LogP contribution in [0.4, 0.5) is 0 Å². The molecule has 0 aliphatic rings. The van der Waals surface area contributed by atoms with Gasteiger partial charge < -0.3 is 0 Å². The Kier molecular flexibility index (Phi) is 16.1. The first kappa shape index (κ1) is 16.0. The second-order valence-electron chi connectivity index (χ2n) is 0.448. The molecule has 6 nitrogen and oxygen atoms in total. The van der Waals surface area contributed by atoms with Crippen LogP contribution in [-0.2, 0) is 10.4 Å². The summed E-state index contributed by atoms with van der Waals surface area (Å²) in [5, 5.41) is 12.0. The van der Waals surface area contributed by atoms with Crippen LogP contribution in [0, 0.1) is 0 Å². The molecule has 8 heteroatoms. The third-order valence-corrected chi connectivity index (χ3v) is 0. The van der Waals surface area contributed by atoms with Gasteiger partial charge in [0.1, 0.15) is 0 Å². The van der Waals surface area contributed by atoms with Crippen molar-refractivity contribution in [1.82, 2.24) is 0 Å². The summed E-state index contributed by atoms with van der Waals surface area (Å²) in [5.74, 6) is 0. The molecule has 50 valence electrons. The van der Waals surface area contributed by atoms with E-state index in [1.807, 2.05) is 0 Å². The van der Waals surface area contributed by atoms with E-state index in [4.69, 9.17) is 28.0 Å². The van der Waals surface area contributed by atoms with Crippen molar-refractivity contribution >= 4 is 48.1 Å². The number of rotatable bonds is 0. The molecule has 0 radical (unpaired) electrons. The van der Waals surface area contributed by atoms with Gasteiger partial charge in [-0.1, -0.05) is 0 Å². The fraction of sp³-hybridized carbons (Fsp3) is 0. The number of hydrogen-bond donors (Lipinski definition) is 4. The molecule has 0 atom stereocenters. The van der Waals surface area contributed by atoms with E-state index in [0.717, 1.165) is 0 Å². The molecule has 0 aliphatic heterocycles. The Balaban J connectivity index is -0.0000000750. The van der Waals surface area contributed by atoms with Crippen LogP contribution < -0.4 is 0 Å². The summed E-state index contributed by atoms with van der Waals surface area (Å²) in [6, 6.07) is 0. The Hall–Kier alpha value is 1.05. The first-order valence-electron chi connectivity index (χ1n) is 0.898. The molecule has 0 saturated carbocycles. The van der Waals surface area contributed by atoms with Crippen molar-refractivity contribution < 1.29 is 28.0 Å². The molecule has 0 bridgehead atoms. The molecule has 0 aliphatic carbocycles. The summed E-state index contributed by atoms with van der Waals surface area (Å²) in [4.78, 5) is 0. The van der Waals surface area contributed by atoms with Gasteiger partial charge in [-0.25, -0.2) is 0 Å². The van der Waals surface area contributed by atoms with Crippen molar-refractivity contribution in [2.24, 2.45) is 0 Å². The van der Waals surface area contributed by atoms with Crippen molar-refractivity contribution in [2.45, 2.75) is 0 Å². The predicted octanol–water partition coefficient (Wildman–Crippen LogP) is -1.55. The van der Waals surface area contributed by atoms with Crippen molar-refractivity contribution in [2.75, 3.05) is 0 Å². The van der Waals surface area contributed by atoms with Crippen LogP contribution in [0.2, 0.25) is 0 Å². The van der Waals surface area contributed by atoms with E-state index in [1.165, 1.54) is 0 Å². The fourth-order valence-corrected chi connectivity index (χ4v) is 0. The van der Waals surface area contributed by atoms with Gasteiger partial charge in [0.05, 0.1) is 0 Å². The quantitative estimate of drug-likeness (QED) is 0.153. The van der Waals surface area contributed by atoms with Crippen LogP contribution in [0.25, 0.3) is 0 Å². The molecule has 0 aromatic carbocycles. The van der Waals surface area contributed by atoms with E-state index in [-0.39, 0.29) is 37.7 Å². The Labute approximate surface area is 75.6 Å². The minimum atomic E-state index is -4.67. The minimum absolute atomic E-state index is 0. The molecular weight excluding hydrogens is 168 g/mol. The van der Waals surface area contributed by atoms with Gasteiger partial charge in [0.2, 0.25) is 0 Å². The van der Waals surface area contributed by atoms with E-state index < -0.39 is 10.4 Å². The summed E-state index contributed by atoms with van der Waals surface area (Å²) in [6.45, 7) is 0. The standard InChI is InChI=1S/Ca.H2O4S.H2O2.2H/c;1-5(2,3)4;1-2;;/h;(H2,1,2,3,4);1-2H;;. The summed E-state index contributed by atoms with van der Waals surface area (Å²) in [6.07, 6.45) is 0. The van der Waals surface area contributed by atoms with Crippen molar-refractivity contribution in [3.05, 3.63) is 0 Å². The number of hydrogen-bond acceptors (Lipinski definition) is 4. The van der Waals surface area contributed by atoms with Crippen LogP contribution in [0.5, 0.6) is 0 Å². The van der Waals surface area contributed by atoms with Gasteiger partial charge in [-0.05, 0) is 0 Å². The van der Waals surface area contributed by atoms with Gasteiger partial charge in [-0.3, -0.25) is 19.6 Å². The van der Waals surface area contributed by atoms with Crippen LogP contribution in [0.15, 0.2) is 0 Å². The average Bonchev–Trinajstić information content (AvgIpc) is 1.36. The van der Waals surface area contributed by atoms with Gasteiger partial charge >= 0.3 is 48.1 Å². The SMILES string of the molecule is O=S(=O)(O)O.OO.[CaH2]. The molecule has 0 saturated heterocycles. The van der Waals surface area contributed by atoms with E-state index in [2.05, 4.69) is 0 Å². The second-order valence-corrected chi connectivity index (χ2v) is 1.34. The molecule has 8 heavy (non-hydrogen) atoms. The van der Waals surface area contributed by atoms with Gasteiger partial charge in [-0.2, -0.15) is 8.42 Å². The normalized spacial score (nSPS) is 8.00. The molecule has 0 aromatic heterocycles. The van der Waals surface area contributed by atoms with Gasteiger partial charge in [0.15, 0.2) is 0 Å². The van der Waals surface area contributed by atoms with Crippen LogP contribution in [0.3, 0.4) is 0 Å². The zero-order valence-corrected chi connectivity index (χ0v) is 3.83. The topological polar surface area (TPSA) is 115 Å². The van der Waals surface area contributed by atoms with Gasteiger partial charge in [-0.15, -0.1) is 0 Å². The first-order valence-corrected chi connectivity index (χ1v) is 2.30. The van der Waals surface area contributed by atoms with E-state index >= 15 is 0 Å². The van der Waals surface area contributed by atoms with Crippen LogP contribution in [-0.4, -0.2) is 65.8 Å². The van der Waals surface area contributed by atoms with Crippen LogP contribution in [0.1, 0.15) is 0 Å². The molecule has 0 heterocycles. The Morgan fingerprint density at radius 1 is 1.00 bits per heavy atom. The zero-order chi connectivity index (χ0) is 6.50. The first-order chi connectivity index (χ1) is 3.00. The Bertz CT molecular complexity index is 91.7. The van der Waals surface area contributed by atoms with Crippen molar-refractivity contribution in [3.63, 3.8) is 0 Å². The molecule has 0 spiro atoms. The maximum absolute atomic E-state index is 8.74. The maximum atomic E-state index is 8.74. The summed E-state index contributed by atoms with van der Waals surface area (Å²) < 4.78 is 31.6. The fourth-order valence-electron chi connectivity index (χ4n) is 0. The molecule has 4 N–H and O–H groups in total. The summed E-state index contributed by atoms with van der Waals surface area (Å²) in [5.41, 5.74) is 0. The zero-order valence-electron chi connectivity index (χ0n) is 3.01. The summed E-state index contributed by atoms with van der Waals surface area (Å²) in [7, 11) is -4.67. The third kappa shape index (κ3) is 234. The summed E-state index contributed by atoms with van der Waals surface area (Å²) >= 11 is 0. The monoisotopic (exact) mass is 174 g/mol. The van der Waals surface area contributed by atoms with Gasteiger partial charge in [0, 0.05) is 0 Å². The molecule has 0 amide bonds. The Morgan fingerprint density at radius 2 is 1.00 bits per heavy atom. The van der Waals surface area contributed by atoms with Crippen molar-refractivity contribution in [1.29, 1.82) is 0 Å². The van der Waals surface area contributed by atoms with E-state index in [0.29, 0.717) is 0 Å². The average molecular weight is 174 g/mol. The molecule has 0 aromatic rings. The van der Waals surface area contributed by atoms with Crippen molar-refractivity contribution in [3.8, 4) is 0 Å². The predicted molar refractivity (Wildman–Crippen MR) is 28.0 cm³/mol.